The van der Waals surface area contributed by atoms with Crippen molar-refractivity contribution in [3.63, 3.8) is 0 Å². The molecule has 3 nitrogen and oxygen atoms in total. The lowest BCUT2D eigenvalue weighted by Crippen LogP contribution is -2.03. The van der Waals surface area contributed by atoms with E-state index in [0.717, 1.165) is 0 Å². The van der Waals surface area contributed by atoms with Gasteiger partial charge < -0.3 is 9.52 Å². The summed E-state index contributed by atoms with van der Waals surface area (Å²) in [4.78, 5) is 4.13. The molecular weight excluding hydrogens is 269 g/mol. The minimum Gasteiger partial charge on any atom is -0.437 e. The Hall–Kier alpha value is -1.91. The van der Waals surface area contributed by atoms with Crippen LogP contribution in [0.1, 0.15) is 17.6 Å². The summed E-state index contributed by atoms with van der Waals surface area (Å²) in [6.07, 6.45) is -1.33. The van der Waals surface area contributed by atoms with E-state index in [0.29, 0.717) is 11.1 Å². The Bertz CT molecular complexity index is 688. The number of halogens is 2. The molecule has 0 spiro atoms. The summed E-state index contributed by atoms with van der Waals surface area (Å²) in [5.74, 6) is -0.574. The zero-order chi connectivity index (χ0) is 13.4. The lowest BCUT2D eigenvalue weighted by molar-refractivity contribution is 0.181. The number of oxazole rings is 1. The SMILES string of the molecule is OC(c1nc2ccccc2o1)c1c(F)cccc1Cl. The predicted molar refractivity (Wildman–Crippen MR) is 69.5 cm³/mol. The van der Waals surface area contributed by atoms with Crippen LogP contribution in [0, 0.1) is 5.82 Å². The van der Waals surface area contributed by atoms with E-state index in [-0.39, 0.29) is 16.5 Å². The maximum absolute atomic E-state index is 13.7. The van der Waals surface area contributed by atoms with Crippen molar-refractivity contribution in [2.24, 2.45) is 0 Å². The average molecular weight is 278 g/mol. The van der Waals surface area contributed by atoms with E-state index in [1.165, 1.54) is 18.2 Å². The van der Waals surface area contributed by atoms with E-state index in [1.54, 1.807) is 24.3 Å². The summed E-state index contributed by atoms with van der Waals surface area (Å²) >= 11 is 5.90. The van der Waals surface area contributed by atoms with Crippen LogP contribution >= 0.6 is 11.6 Å². The molecule has 0 radical (unpaired) electrons. The Balaban J connectivity index is 2.10. The van der Waals surface area contributed by atoms with Gasteiger partial charge in [0.25, 0.3) is 0 Å². The number of aliphatic hydroxyl groups is 1. The van der Waals surface area contributed by atoms with Crippen molar-refractivity contribution >= 4 is 22.7 Å². The van der Waals surface area contributed by atoms with E-state index in [9.17, 15) is 9.50 Å². The van der Waals surface area contributed by atoms with Gasteiger partial charge in [-0.3, -0.25) is 0 Å². The first-order valence-corrected chi connectivity index (χ1v) is 6.02. The quantitative estimate of drug-likeness (QED) is 0.777. The van der Waals surface area contributed by atoms with E-state index in [1.807, 2.05) is 0 Å². The molecule has 3 rings (SSSR count). The number of hydrogen-bond acceptors (Lipinski definition) is 3. The zero-order valence-electron chi connectivity index (χ0n) is 9.68. The summed E-state index contributed by atoms with van der Waals surface area (Å²) in [6.45, 7) is 0. The van der Waals surface area contributed by atoms with Gasteiger partial charge in [-0.25, -0.2) is 9.37 Å². The molecule has 3 aromatic rings. The van der Waals surface area contributed by atoms with Crippen LogP contribution < -0.4 is 0 Å². The maximum atomic E-state index is 13.7. The van der Waals surface area contributed by atoms with Gasteiger partial charge in [0.05, 0.1) is 0 Å². The molecule has 5 heteroatoms. The fourth-order valence-corrected chi connectivity index (χ4v) is 2.17. The van der Waals surface area contributed by atoms with Crippen LogP contribution in [0.4, 0.5) is 4.39 Å². The van der Waals surface area contributed by atoms with Gasteiger partial charge in [-0.1, -0.05) is 29.8 Å². The first-order valence-electron chi connectivity index (χ1n) is 5.64. The van der Waals surface area contributed by atoms with E-state index in [2.05, 4.69) is 4.98 Å². The van der Waals surface area contributed by atoms with Crippen LogP contribution in [0.2, 0.25) is 5.02 Å². The van der Waals surface area contributed by atoms with Gasteiger partial charge in [0.2, 0.25) is 5.89 Å². The van der Waals surface area contributed by atoms with Gasteiger partial charge in [0.1, 0.15) is 11.3 Å². The van der Waals surface area contributed by atoms with Crippen LogP contribution in [0.3, 0.4) is 0 Å². The monoisotopic (exact) mass is 277 g/mol. The third kappa shape index (κ3) is 2.09. The Kier molecular flexibility index (Phi) is 2.97. The number of rotatable bonds is 2. The molecule has 96 valence electrons. The fraction of sp³-hybridized carbons (Fsp3) is 0.0714. The van der Waals surface area contributed by atoms with Crippen LogP contribution in [0.5, 0.6) is 0 Å². The Morgan fingerprint density at radius 2 is 1.95 bits per heavy atom. The summed E-state index contributed by atoms with van der Waals surface area (Å²) in [5, 5.41) is 10.3. The minimum absolute atomic E-state index is 0.0215. The molecule has 19 heavy (non-hydrogen) atoms. The van der Waals surface area contributed by atoms with Gasteiger partial charge in [0.15, 0.2) is 11.7 Å². The molecule has 1 aromatic heterocycles. The molecule has 1 N–H and O–H groups in total. The normalized spacial score (nSPS) is 12.8. The minimum atomic E-state index is -1.33. The van der Waals surface area contributed by atoms with Crippen molar-refractivity contribution < 1.29 is 13.9 Å². The summed E-state index contributed by atoms with van der Waals surface area (Å²) in [5.41, 5.74) is 1.10. The third-order valence-corrected chi connectivity index (χ3v) is 3.15. The number of para-hydroxylation sites is 2. The molecule has 1 heterocycles. The Morgan fingerprint density at radius 3 is 2.68 bits per heavy atom. The number of nitrogens with zero attached hydrogens (tertiary/aromatic N) is 1. The second-order valence-corrected chi connectivity index (χ2v) is 4.46. The highest BCUT2D eigenvalue weighted by atomic mass is 35.5. The van der Waals surface area contributed by atoms with Gasteiger partial charge in [-0.05, 0) is 24.3 Å². The lowest BCUT2D eigenvalue weighted by Gasteiger charge is -2.09. The molecule has 0 saturated heterocycles. The Labute approximate surface area is 113 Å². The molecule has 0 aliphatic carbocycles. The standard InChI is InChI=1S/C14H9ClFNO2/c15-8-4-3-5-9(16)12(8)13(18)14-17-10-6-1-2-7-11(10)19-14/h1-7,13,18H. The molecule has 1 atom stereocenters. The van der Waals surface area contributed by atoms with E-state index >= 15 is 0 Å². The third-order valence-electron chi connectivity index (χ3n) is 2.82. The number of aliphatic hydroxyl groups excluding tert-OH is 1. The maximum Gasteiger partial charge on any atom is 0.229 e. The molecule has 0 saturated carbocycles. The number of hydrogen-bond donors (Lipinski definition) is 1. The highest BCUT2D eigenvalue weighted by Crippen LogP contribution is 2.31. The van der Waals surface area contributed by atoms with Gasteiger partial charge >= 0.3 is 0 Å². The summed E-state index contributed by atoms with van der Waals surface area (Å²) < 4.78 is 19.1. The van der Waals surface area contributed by atoms with Gasteiger partial charge in [-0.2, -0.15) is 0 Å². The van der Waals surface area contributed by atoms with Crippen LogP contribution in [-0.2, 0) is 0 Å². The zero-order valence-corrected chi connectivity index (χ0v) is 10.4. The van der Waals surface area contributed by atoms with E-state index in [4.69, 9.17) is 16.0 Å². The van der Waals surface area contributed by atoms with Crippen LogP contribution in [0.15, 0.2) is 46.9 Å². The lowest BCUT2D eigenvalue weighted by atomic mass is 10.1. The second kappa shape index (κ2) is 4.64. The molecule has 0 bridgehead atoms. The fourth-order valence-electron chi connectivity index (χ4n) is 1.90. The largest absolute Gasteiger partial charge is 0.437 e. The molecular formula is C14H9ClFNO2. The first kappa shape index (κ1) is 12.1. The molecule has 1 unspecified atom stereocenters. The highest BCUT2D eigenvalue weighted by Gasteiger charge is 2.23. The van der Waals surface area contributed by atoms with Gasteiger partial charge in [0, 0.05) is 10.6 Å². The smallest absolute Gasteiger partial charge is 0.229 e. The number of benzene rings is 2. The van der Waals surface area contributed by atoms with Crippen molar-refractivity contribution in [1.82, 2.24) is 4.98 Å². The molecule has 2 aromatic carbocycles. The summed E-state index contributed by atoms with van der Waals surface area (Å²) in [7, 11) is 0. The molecule has 0 fully saturated rings. The van der Waals surface area contributed by atoms with Crippen molar-refractivity contribution in [3.8, 4) is 0 Å². The van der Waals surface area contributed by atoms with Crippen molar-refractivity contribution in [1.29, 1.82) is 0 Å². The molecule has 0 amide bonds. The number of aromatic nitrogens is 1. The van der Waals surface area contributed by atoms with Crippen molar-refractivity contribution in [2.45, 2.75) is 6.10 Å². The van der Waals surface area contributed by atoms with Crippen molar-refractivity contribution in [2.75, 3.05) is 0 Å². The van der Waals surface area contributed by atoms with Crippen LogP contribution in [-0.4, -0.2) is 10.1 Å². The number of fused-ring (bicyclic) bond motifs is 1. The molecule has 0 aliphatic rings. The molecule has 0 aliphatic heterocycles. The van der Waals surface area contributed by atoms with E-state index < -0.39 is 11.9 Å². The van der Waals surface area contributed by atoms with Gasteiger partial charge in [-0.15, -0.1) is 0 Å². The average Bonchev–Trinajstić information content (AvgIpc) is 2.82. The van der Waals surface area contributed by atoms with Crippen molar-refractivity contribution in [3.05, 3.63) is 64.8 Å². The second-order valence-electron chi connectivity index (χ2n) is 4.06. The van der Waals surface area contributed by atoms with Crippen LogP contribution in [0.25, 0.3) is 11.1 Å². The summed E-state index contributed by atoms with van der Waals surface area (Å²) in [6, 6.07) is 11.3. The first-order chi connectivity index (χ1) is 9.16. The Morgan fingerprint density at radius 1 is 1.16 bits per heavy atom. The predicted octanol–water partition coefficient (Wildman–Crippen LogP) is 3.70. The topological polar surface area (TPSA) is 46.3 Å². The highest BCUT2D eigenvalue weighted by molar-refractivity contribution is 6.31.